The van der Waals surface area contributed by atoms with Crippen molar-refractivity contribution in [2.45, 2.75) is 25.8 Å². The van der Waals surface area contributed by atoms with Crippen LogP contribution in [0.25, 0.3) is 0 Å². The summed E-state index contributed by atoms with van der Waals surface area (Å²) in [5.41, 5.74) is 0.779. The molecule has 1 aliphatic heterocycles. The van der Waals surface area contributed by atoms with E-state index in [1.54, 1.807) is 48.5 Å². The molecule has 142 valence electrons. The summed E-state index contributed by atoms with van der Waals surface area (Å²) in [4.78, 5) is 26.4. The van der Waals surface area contributed by atoms with Gasteiger partial charge in [-0.2, -0.15) is 0 Å². The van der Waals surface area contributed by atoms with Gasteiger partial charge < -0.3 is 9.47 Å². The topological polar surface area (TPSA) is 79.3 Å². The van der Waals surface area contributed by atoms with Crippen LogP contribution in [0, 0.1) is 0 Å². The Labute approximate surface area is 157 Å². The summed E-state index contributed by atoms with van der Waals surface area (Å²) in [6, 6.07) is 12.5. The number of carbonyl (C=O) groups excluding carboxylic acids is 2. The average molecular weight is 370 g/mol. The van der Waals surface area contributed by atoms with Crippen LogP contribution in [0.15, 0.2) is 48.5 Å². The monoisotopic (exact) mass is 370 g/mol. The van der Waals surface area contributed by atoms with E-state index in [0.717, 1.165) is 16.4 Å². The molecule has 0 spiro atoms. The van der Waals surface area contributed by atoms with E-state index in [0.29, 0.717) is 29.5 Å². The molecule has 0 aliphatic carbocycles. The number of imide groups is 1. The Balaban J connectivity index is 1.80. The maximum Gasteiger partial charge on any atom is 0.259 e. The van der Waals surface area contributed by atoms with Gasteiger partial charge >= 0.3 is 0 Å². The average Bonchev–Trinajstić information content (AvgIpc) is 3.00. The predicted octanol–water partition coefficient (Wildman–Crippen LogP) is 3.01. The molecule has 1 aliphatic rings. The van der Waals surface area contributed by atoms with Crippen LogP contribution in [0.3, 0.4) is 0 Å². The third-order valence-corrected chi connectivity index (χ3v) is 4.32. The molecule has 2 aromatic rings. The summed E-state index contributed by atoms with van der Waals surface area (Å²) in [7, 11) is 1.47. The number of hydrogen-bond acceptors (Lipinski definition) is 6. The first kappa shape index (κ1) is 18.7. The van der Waals surface area contributed by atoms with Crippen molar-refractivity contribution < 1.29 is 24.3 Å². The van der Waals surface area contributed by atoms with Gasteiger partial charge in [0.05, 0.1) is 25.8 Å². The van der Waals surface area contributed by atoms with Crippen LogP contribution in [-0.4, -0.2) is 36.8 Å². The second-order valence-corrected chi connectivity index (χ2v) is 6.15. The zero-order valence-electron chi connectivity index (χ0n) is 15.3. The van der Waals surface area contributed by atoms with Crippen molar-refractivity contribution in [2.75, 3.05) is 23.7 Å². The van der Waals surface area contributed by atoms with Gasteiger partial charge in [-0.25, -0.2) is 9.96 Å². The van der Waals surface area contributed by atoms with Crippen LogP contribution >= 0.6 is 0 Å². The predicted molar refractivity (Wildman–Crippen MR) is 100 cm³/mol. The van der Waals surface area contributed by atoms with Gasteiger partial charge in [0.1, 0.15) is 23.2 Å². The molecule has 1 atom stereocenters. The van der Waals surface area contributed by atoms with Gasteiger partial charge in [-0.3, -0.25) is 14.8 Å². The van der Waals surface area contributed by atoms with Crippen molar-refractivity contribution in [3.05, 3.63) is 48.5 Å². The van der Waals surface area contributed by atoms with Gasteiger partial charge in [-0.15, -0.1) is 0 Å². The number of amides is 2. The Morgan fingerprint density at radius 3 is 2.52 bits per heavy atom. The SMILES string of the molecule is CCCOc1ccc(N2C(=O)CC(N(O)c3ccccc3OC)C2=O)cc1. The van der Waals surface area contributed by atoms with Crippen molar-refractivity contribution in [2.24, 2.45) is 0 Å². The van der Waals surface area contributed by atoms with Crippen LogP contribution in [0.4, 0.5) is 11.4 Å². The third kappa shape index (κ3) is 3.73. The Bertz CT molecular complexity index is 821. The first-order valence-corrected chi connectivity index (χ1v) is 8.77. The summed E-state index contributed by atoms with van der Waals surface area (Å²) in [6.45, 7) is 2.61. The fourth-order valence-corrected chi connectivity index (χ4v) is 2.98. The van der Waals surface area contributed by atoms with E-state index in [4.69, 9.17) is 9.47 Å². The molecule has 7 heteroatoms. The molecule has 1 saturated heterocycles. The van der Waals surface area contributed by atoms with E-state index in [-0.39, 0.29) is 12.3 Å². The molecule has 0 saturated carbocycles. The van der Waals surface area contributed by atoms with Crippen molar-refractivity contribution in [1.29, 1.82) is 0 Å². The van der Waals surface area contributed by atoms with Gasteiger partial charge in [-0.1, -0.05) is 19.1 Å². The van der Waals surface area contributed by atoms with Crippen molar-refractivity contribution in [3.63, 3.8) is 0 Å². The Morgan fingerprint density at radius 2 is 1.85 bits per heavy atom. The lowest BCUT2D eigenvalue weighted by atomic mass is 10.2. The Hall–Kier alpha value is -3.06. The van der Waals surface area contributed by atoms with E-state index >= 15 is 0 Å². The largest absolute Gasteiger partial charge is 0.494 e. The summed E-state index contributed by atoms with van der Waals surface area (Å²) >= 11 is 0. The smallest absolute Gasteiger partial charge is 0.259 e. The molecule has 1 fully saturated rings. The van der Waals surface area contributed by atoms with Crippen LogP contribution in [0.5, 0.6) is 11.5 Å². The molecule has 27 heavy (non-hydrogen) atoms. The number of hydroxylamine groups is 1. The Morgan fingerprint density at radius 1 is 1.15 bits per heavy atom. The summed E-state index contributed by atoms with van der Waals surface area (Å²) < 4.78 is 10.7. The maximum absolute atomic E-state index is 12.8. The zero-order chi connectivity index (χ0) is 19.4. The molecule has 2 amide bonds. The minimum Gasteiger partial charge on any atom is -0.494 e. The number of ether oxygens (including phenoxy) is 2. The van der Waals surface area contributed by atoms with Gasteiger partial charge in [-0.05, 0) is 42.8 Å². The highest BCUT2D eigenvalue weighted by atomic mass is 16.5. The normalized spacial score (nSPS) is 16.6. The second kappa shape index (κ2) is 8.09. The number of anilines is 2. The number of hydrogen-bond donors (Lipinski definition) is 1. The lowest BCUT2D eigenvalue weighted by Crippen LogP contribution is -2.40. The van der Waals surface area contributed by atoms with Crippen molar-refractivity contribution in [1.82, 2.24) is 0 Å². The molecular formula is C20H22N2O5. The quantitative estimate of drug-likeness (QED) is 0.596. The van der Waals surface area contributed by atoms with E-state index < -0.39 is 11.9 Å². The fraction of sp³-hybridized carbons (Fsp3) is 0.300. The van der Waals surface area contributed by atoms with E-state index in [1.165, 1.54) is 7.11 Å². The van der Waals surface area contributed by atoms with Crippen molar-refractivity contribution in [3.8, 4) is 11.5 Å². The minimum absolute atomic E-state index is 0.124. The number of nitrogens with zero attached hydrogens (tertiary/aromatic N) is 2. The van der Waals surface area contributed by atoms with E-state index in [2.05, 4.69) is 0 Å². The molecule has 0 bridgehead atoms. The number of rotatable bonds is 7. The first-order chi connectivity index (χ1) is 13.1. The highest BCUT2D eigenvalue weighted by molar-refractivity contribution is 6.23. The molecule has 1 unspecified atom stereocenters. The van der Waals surface area contributed by atoms with Gasteiger partial charge in [0.2, 0.25) is 5.91 Å². The highest BCUT2D eigenvalue weighted by Crippen LogP contribution is 2.33. The van der Waals surface area contributed by atoms with Gasteiger partial charge in [0.15, 0.2) is 0 Å². The van der Waals surface area contributed by atoms with Crippen LogP contribution in [0.2, 0.25) is 0 Å². The number of carbonyl (C=O) groups is 2. The maximum atomic E-state index is 12.8. The molecule has 7 nitrogen and oxygen atoms in total. The minimum atomic E-state index is -1.01. The summed E-state index contributed by atoms with van der Waals surface area (Å²) in [6.07, 6.45) is 0.767. The molecule has 3 rings (SSSR count). The molecular weight excluding hydrogens is 348 g/mol. The van der Waals surface area contributed by atoms with Gasteiger partial charge in [0.25, 0.3) is 5.91 Å². The van der Waals surface area contributed by atoms with E-state index in [9.17, 15) is 14.8 Å². The first-order valence-electron chi connectivity index (χ1n) is 8.77. The lowest BCUT2D eigenvalue weighted by molar-refractivity contribution is -0.121. The Kier molecular flexibility index (Phi) is 5.61. The number of para-hydroxylation sites is 2. The van der Waals surface area contributed by atoms with Crippen molar-refractivity contribution >= 4 is 23.2 Å². The summed E-state index contributed by atoms with van der Waals surface area (Å²) in [5.74, 6) is 0.224. The standard InChI is InChI=1S/C20H22N2O5/c1-3-12-27-15-10-8-14(9-11-15)21-19(23)13-17(20(21)24)22(25)16-6-4-5-7-18(16)26-2/h4-11,17,25H,3,12-13H2,1-2H3. The molecule has 0 radical (unpaired) electrons. The van der Waals surface area contributed by atoms with Gasteiger partial charge in [0, 0.05) is 0 Å². The number of methoxy groups -OCH3 is 1. The zero-order valence-corrected chi connectivity index (χ0v) is 15.3. The molecule has 1 N–H and O–H groups in total. The third-order valence-electron chi connectivity index (χ3n) is 4.32. The van der Waals surface area contributed by atoms with Crippen LogP contribution in [0.1, 0.15) is 19.8 Å². The van der Waals surface area contributed by atoms with E-state index in [1.807, 2.05) is 6.92 Å². The van der Waals surface area contributed by atoms with Crippen LogP contribution in [-0.2, 0) is 9.59 Å². The summed E-state index contributed by atoms with van der Waals surface area (Å²) in [5, 5.41) is 11.4. The van der Waals surface area contributed by atoms with Crippen LogP contribution < -0.4 is 19.4 Å². The second-order valence-electron chi connectivity index (χ2n) is 6.15. The number of benzene rings is 2. The lowest BCUT2D eigenvalue weighted by Gasteiger charge is -2.24. The highest BCUT2D eigenvalue weighted by Gasteiger charge is 2.43. The molecule has 2 aromatic carbocycles. The molecule has 1 heterocycles. The fourth-order valence-electron chi connectivity index (χ4n) is 2.98. The molecule has 0 aromatic heterocycles.